The Bertz CT molecular complexity index is 839. The molecule has 0 atom stereocenters. The Balaban J connectivity index is 2.21. The van der Waals surface area contributed by atoms with Crippen LogP contribution in [0.5, 0.6) is 0 Å². The molecule has 2 aromatic rings. The normalized spacial score (nSPS) is 11.3. The van der Waals surface area contributed by atoms with Crippen LogP contribution >= 0.6 is 0 Å². The predicted molar refractivity (Wildman–Crippen MR) is 87.1 cm³/mol. The summed E-state index contributed by atoms with van der Waals surface area (Å²) in [6, 6.07) is 4.06. The second kappa shape index (κ2) is 8.47. The molecule has 0 heterocycles. The molecule has 0 spiro atoms. The van der Waals surface area contributed by atoms with Gasteiger partial charge >= 0.3 is 6.18 Å². The lowest BCUT2D eigenvalue weighted by molar-refractivity contribution is -0.0696. The molecule has 0 amide bonds. The standard InChI is InChI=1S/C20H15F7/c1-2-3-12-8-16(21)14(17(22)9-12)5-4-13-10-18(23)15(19(24)11-13)6-7-20(25,26)27/h8-11H,2-5H2,1H3. The molecule has 0 saturated carbocycles. The van der Waals surface area contributed by atoms with E-state index in [4.69, 9.17) is 0 Å². The third kappa shape index (κ3) is 5.75. The third-order valence-electron chi connectivity index (χ3n) is 3.83. The molecule has 0 nitrogen and oxygen atoms in total. The predicted octanol–water partition coefficient (Wildman–Crippen LogP) is 5.89. The van der Waals surface area contributed by atoms with Gasteiger partial charge in [-0.3, -0.25) is 0 Å². The van der Waals surface area contributed by atoms with Gasteiger partial charge in [0.1, 0.15) is 23.3 Å². The Morgan fingerprint density at radius 2 is 1.22 bits per heavy atom. The van der Waals surface area contributed by atoms with E-state index >= 15 is 0 Å². The van der Waals surface area contributed by atoms with E-state index in [-0.39, 0.29) is 24.0 Å². The van der Waals surface area contributed by atoms with E-state index in [2.05, 4.69) is 0 Å². The van der Waals surface area contributed by atoms with Gasteiger partial charge in [-0.15, -0.1) is 0 Å². The fourth-order valence-electron chi connectivity index (χ4n) is 2.62. The Labute approximate surface area is 152 Å². The van der Waals surface area contributed by atoms with Crippen LogP contribution in [0, 0.1) is 35.1 Å². The van der Waals surface area contributed by atoms with Gasteiger partial charge in [0.05, 0.1) is 5.56 Å². The van der Waals surface area contributed by atoms with E-state index in [0.717, 1.165) is 24.5 Å². The van der Waals surface area contributed by atoms with E-state index in [0.29, 0.717) is 12.0 Å². The number of aryl methyl sites for hydroxylation is 2. The van der Waals surface area contributed by atoms with Crippen molar-refractivity contribution in [3.05, 3.63) is 69.8 Å². The van der Waals surface area contributed by atoms with Gasteiger partial charge in [0.2, 0.25) is 0 Å². The SMILES string of the molecule is CCCc1cc(F)c(CCc2cc(F)c(C#CC(F)(F)F)c(F)c2)c(F)c1. The van der Waals surface area contributed by atoms with Crippen LogP contribution < -0.4 is 0 Å². The Morgan fingerprint density at radius 1 is 0.741 bits per heavy atom. The summed E-state index contributed by atoms with van der Waals surface area (Å²) in [6.45, 7) is 1.87. The minimum Gasteiger partial charge on any atom is -0.207 e. The molecular weight excluding hydrogens is 373 g/mol. The highest BCUT2D eigenvalue weighted by Gasteiger charge is 2.23. The number of halogens is 7. The maximum atomic E-state index is 14.1. The highest BCUT2D eigenvalue weighted by Crippen LogP contribution is 2.21. The minimum atomic E-state index is -4.88. The van der Waals surface area contributed by atoms with Crippen molar-refractivity contribution in [1.29, 1.82) is 0 Å². The fourth-order valence-corrected chi connectivity index (χ4v) is 2.62. The second-order valence-corrected chi connectivity index (χ2v) is 5.97. The largest absolute Gasteiger partial charge is 0.458 e. The molecule has 2 aromatic carbocycles. The summed E-state index contributed by atoms with van der Waals surface area (Å²) in [5.41, 5.74) is -0.645. The summed E-state index contributed by atoms with van der Waals surface area (Å²) in [6.07, 6.45) is -3.89. The lowest BCUT2D eigenvalue weighted by atomic mass is 9.99. The number of rotatable bonds is 5. The van der Waals surface area contributed by atoms with E-state index in [1.54, 1.807) is 0 Å². The fraction of sp³-hybridized carbons (Fsp3) is 0.300. The van der Waals surface area contributed by atoms with E-state index in [9.17, 15) is 30.7 Å². The first-order chi connectivity index (χ1) is 12.6. The van der Waals surface area contributed by atoms with Crippen LogP contribution in [0.25, 0.3) is 0 Å². The van der Waals surface area contributed by atoms with E-state index in [1.807, 2.05) is 6.92 Å². The lowest BCUT2D eigenvalue weighted by Gasteiger charge is -2.09. The van der Waals surface area contributed by atoms with Crippen LogP contribution in [0.4, 0.5) is 30.7 Å². The summed E-state index contributed by atoms with van der Waals surface area (Å²) in [5, 5.41) is 0. The molecule has 0 saturated heterocycles. The lowest BCUT2D eigenvalue weighted by Crippen LogP contribution is -2.04. The van der Waals surface area contributed by atoms with Crippen molar-refractivity contribution in [3.63, 3.8) is 0 Å². The molecule has 0 unspecified atom stereocenters. The summed E-state index contributed by atoms with van der Waals surface area (Å²) in [5.74, 6) is -1.80. The molecule has 0 aliphatic carbocycles. The molecule has 0 N–H and O–H groups in total. The number of benzene rings is 2. The van der Waals surface area contributed by atoms with Crippen molar-refractivity contribution in [1.82, 2.24) is 0 Å². The third-order valence-corrected chi connectivity index (χ3v) is 3.83. The minimum absolute atomic E-state index is 0.0546. The molecule has 0 radical (unpaired) electrons. The molecule has 0 fully saturated rings. The van der Waals surface area contributed by atoms with Crippen LogP contribution in [-0.2, 0) is 19.3 Å². The number of hydrogen-bond donors (Lipinski definition) is 0. The van der Waals surface area contributed by atoms with Gasteiger partial charge in [0, 0.05) is 11.5 Å². The molecule has 0 aromatic heterocycles. The van der Waals surface area contributed by atoms with Crippen LogP contribution in [0.1, 0.15) is 35.6 Å². The first kappa shape index (κ1) is 20.8. The maximum Gasteiger partial charge on any atom is 0.458 e. The van der Waals surface area contributed by atoms with Crippen molar-refractivity contribution in [2.45, 2.75) is 38.8 Å². The van der Waals surface area contributed by atoms with Crippen LogP contribution in [-0.4, -0.2) is 6.18 Å². The second-order valence-electron chi connectivity index (χ2n) is 5.97. The average molecular weight is 388 g/mol. The van der Waals surface area contributed by atoms with E-state index < -0.39 is 35.0 Å². The molecule has 0 aliphatic rings. The zero-order valence-electron chi connectivity index (χ0n) is 14.3. The Kier molecular flexibility index (Phi) is 6.53. The molecule has 2 rings (SSSR count). The van der Waals surface area contributed by atoms with Gasteiger partial charge in [-0.2, -0.15) is 13.2 Å². The Morgan fingerprint density at radius 3 is 1.70 bits per heavy atom. The summed E-state index contributed by atoms with van der Waals surface area (Å²) in [4.78, 5) is 0. The van der Waals surface area contributed by atoms with E-state index in [1.165, 1.54) is 18.1 Å². The topological polar surface area (TPSA) is 0 Å². The van der Waals surface area contributed by atoms with Crippen LogP contribution in [0.2, 0.25) is 0 Å². The molecular formula is C20H15F7. The van der Waals surface area contributed by atoms with Crippen molar-refractivity contribution in [3.8, 4) is 11.8 Å². The summed E-state index contributed by atoms with van der Waals surface area (Å²) >= 11 is 0. The summed E-state index contributed by atoms with van der Waals surface area (Å²) < 4.78 is 92.0. The monoisotopic (exact) mass is 388 g/mol. The first-order valence-corrected chi connectivity index (χ1v) is 8.15. The Hall–Kier alpha value is -2.49. The zero-order chi connectivity index (χ0) is 20.2. The molecule has 0 bridgehead atoms. The molecule has 0 aliphatic heterocycles. The van der Waals surface area contributed by atoms with Crippen molar-refractivity contribution >= 4 is 0 Å². The van der Waals surface area contributed by atoms with Crippen molar-refractivity contribution < 1.29 is 30.7 Å². The highest BCUT2D eigenvalue weighted by atomic mass is 19.4. The highest BCUT2D eigenvalue weighted by molar-refractivity contribution is 5.40. The van der Waals surface area contributed by atoms with Gasteiger partial charge in [0.25, 0.3) is 0 Å². The first-order valence-electron chi connectivity index (χ1n) is 8.15. The summed E-state index contributed by atoms with van der Waals surface area (Å²) in [7, 11) is 0. The molecule has 7 heteroatoms. The van der Waals surface area contributed by atoms with Crippen LogP contribution in [0.15, 0.2) is 24.3 Å². The zero-order valence-corrected chi connectivity index (χ0v) is 14.3. The number of hydrogen-bond acceptors (Lipinski definition) is 0. The van der Waals surface area contributed by atoms with Crippen LogP contribution in [0.3, 0.4) is 0 Å². The molecule has 27 heavy (non-hydrogen) atoms. The van der Waals surface area contributed by atoms with Crippen molar-refractivity contribution in [2.24, 2.45) is 0 Å². The average Bonchev–Trinajstić information content (AvgIpc) is 2.52. The van der Waals surface area contributed by atoms with Gasteiger partial charge in [-0.25, -0.2) is 17.6 Å². The smallest absolute Gasteiger partial charge is 0.207 e. The van der Waals surface area contributed by atoms with Gasteiger partial charge in [0.15, 0.2) is 0 Å². The van der Waals surface area contributed by atoms with Crippen molar-refractivity contribution in [2.75, 3.05) is 0 Å². The number of alkyl halides is 3. The molecule has 144 valence electrons. The quantitative estimate of drug-likeness (QED) is 0.442. The van der Waals surface area contributed by atoms with Gasteiger partial charge in [-0.05, 0) is 54.7 Å². The van der Waals surface area contributed by atoms with Gasteiger partial charge < -0.3 is 0 Å². The maximum absolute atomic E-state index is 14.1. The van der Waals surface area contributed by atoms with Gasteiger partial charge in [-0.1, -0.05) is 19.3 Å².